The molecule has 1 aliphatic heterocycles. The zero-order valence-electron chi connectivity index (χ0n) is 11.7. The molecule has 4 heteroatoms. The van der Waals surface area contributed by atoms with E-state index in [9.17, 15) is 4.79 Å². The minimum Gasteiger partial charge on any atom is -0.355 e. The normalized spacial score (nSPS) is 18.1. The molecule has 1 saturated heterocycles. The maximum Gasteiger partial charge on any atom is 0.221 e. The summed E-state index contributed by atoms with van der Waals surface area (Å²) in [6.45, 7) is 6.26. The van der Waals surface area contributed by atoms with Gasteiger partial charge in [0, 0.05) is 25.3 Å². The molecule has 106 valence electrons. The fourth-order valence-corrected chi connectivity index (χ4v) is 2.83. The van der Waals surface area contributed by atoms with E-state index in [0.29, 0.717) is 6.42 Å². The van der Waals surface area contributed by atoms with Crippen LogP contribution in [0, 0.1) is 0 Å². The summed E-state index contributed by atoms with van der Waals surface area (Å²) in [4.78, 5) is 14.1. The third-order valence-corrected chi connectivity index (χ3v) is 4.28. The maximum atomic E-state index is 11.7. The number of rotatable bonds is 7. The van der Waals surface area contributed by atoms with E-state index >= 15 is 0 Å². The lowest BCUT2D eigenvalue weighted by Gasteiger charge is -2.24. The highest BCUT2D eigenvalue weighted by Gasteiger charge is 2.09. The third-order valence-electron chi connectivity index (χ3n) is 3.38. The van der Waals surface area contributed by atoms with Crippen molar-refractivity contribution in [1.82, 2.24) is 10.2 Å². The van der Waals surface area contributed by atoms with Gasteiger partial charge in [-0.2, -0.15) is 11.8 Å². The van der Waals surface area contributed by atoms with E-state index in [4.69, 9.17) is 0 Å². The molecule has 0 unspecified atom stereocenters. The van der Waals surface area contributed by atoms with Crippen LogP contribution >= 0.6 is 11.8 Å². The Morgan fingerprint density at radius 1 is 1.17 bits per heavy atom. The zero-order valence-corrected chi connectivity index (χ0v) is 12.6. The van der Waals surface area contributed by atoms with Gasteiger partial charge in [0.1, 0.15) is 0 Å². The van der Waals surface area contributed by atoms with Crippen LogP contribution in [0.25, 0.3) is 0 Å². The van der Waals surface area contributed by atoms with Crippen molar-refractivity contribution in [2.24, 2.45) is 0 Å². The van der Waals surface area contributed by atoms with Gasteiger partial charge in [0.2, 0.25) is 5.91 Å². The Morgan fingerprint density at radius 2 is 1.83 bits per heavy atom. The summed E-state index contributed by atoms with van der Waals surface area (Å²) in [6.07, 6.45) is 7.37. The number of hydrogen-bond acceptors (Lipinski definition) is 3. The molecular weight excluding hydrogens is 244 g/mol. The summed E-state index contributed by atoms with van der Waals surface area (Å²) in [6, 6.07) is 0. The lowest BCUT2D eigenvalue weighted by molar-refractivity contribution is -0.121. The van der Waals surface area contributed by atoms with Crippen molar-refractivity contribution in [2.45, 2.75) is 45.4 Å². The topological polar surface area (TPSA) is 32.3 Å². The molecule has 0 atom stereocenters. The molecular formula is C14H28N2OS. The Morgan fingerprint density at radius 3 is 2.50 bits per heavy atom. The Bertz CT molecular complexity index is 216. The van der Waals surface area contributed by atoms with Crippen molar-refractivity contribution in [3.8, 4) is 0 Å². The first-order valence-electron chi connectivity index (χ1n) is 7.39. The van der Waals surface area contributed by atoms with Gasteiger partial charge in [-0.05, 0) is 31.7 Å². The zero-order chi connectivity index (χ0) is 13.1. The molecule has 1 amide bonds. The summed E-state index contributed by atoms with van der Waals surface area (Å²) in [5.74, 6) is 2.38. The lowest BCUT2D eigenvalue weighted by atomic mass is 10.1. The Kier molecular flexibility index (Phi) is 9.40. The van der Waals surface area contributed by atoms with Crippen LogP contribution in [0.2, 0.25) is 0 Å². The largest absolute Gasteiger partial charge is 0.355 e. The molecule has 0 bridgehead atoms. The Labute approximate surface area is 116 Å². The quantitative estimate of drug-likeness (QED) is 0.723. The molecule has 1 rings (SSSR count). The molecule has 0 aromatic heterocycles. The maximum absolute atomic E-state index is 11.7. The van der Waals surface area contributed by atoms with E-state index in [1.54, 1.807) is 0 Å². The summed E-state index contributed by atoms with van der Waals surface area (Å²) in [5.41, 5.74) is 0. The van der Waals surface area contributed by atoms with E-state index in [-0.39, 0.29) is 5.91 Å². The Hall–Kier alpha value is -0.220. The third kappa shape index (κ3) is 7.98. The fraction of sp³-hybridized carbons (Fsp3) is 0.929. The highest BCUT2D eigenvalue weighted by atomic mass is 32.2. The molecule has 1 N–H and O–H groups in total. The van der Waals surface area contributed by atoms with Gasteiger partial charge in [-0.15, -0.1) is 0 Å². The highest BCUT2D eigenvalue weighted by molar-refractivity contribution is 7.99. The van der Waals surface area contributed by atoms with Gasteiger partial charge in [0.25, 0.3) is 0 Å². The van der Waals surface area contributed by atoms with Gasteiger partial charge < -0.3 is 10.2 Å². The van der Waals surface area contributed by atoms with Crippen molar-refractivity contribution in [2.75, 3.05) is 37.7 Å². The summed E-state index contributed by atoms with van der Waals surface area (Å²) in [5, 5.41) is 3.00. The van der Waals surface area contributed by atoms with Gasteiger partial charge in [-0.25, -0.2) is 0 Å². The second kappa shape index (κ2) is 10.7. The first-order chi connectivity index (χ1) is 8.83. The van der Waals surface area contributed by atoms with Crippen molar-refractivity contribution in [3.63, 3.8) is 0 Å². The molecule has 0 aromatic carbocycles. The molecule has 1 aliphatic rings. The molecule has 0 radical (unpaired) electrons. The van der Waals surface area contributed by atoms with Gasteiger partial charge in [0.05, 0.1) is 0 Å². The fourth-order valence-electron chi connectivity index (χ4n) is 2.29. The molecule has 0 saturated carbocycles. The number of hydrogen-bond donors (Lipinski definition) is 1. The van der Waals surface area contributed by atoms with Gasteiger partial charge in [-0.3, -0.25) is 4.79 Å². The van der Waals surface area contributed by atoms with Crippen molar-refractivity contribution in [1.29, 1.82) is 0 Å². The van der Waals surface area contributed by atoms with Gasteiger partial charge >= 0.3 is 0 Å². The average Bonchev–Trinajstić information content (AvgIpc) is 2.33. The van der Waals surface area contributed by atoms with Crippen molar-refractivity contribution >= 4 is 17.7 Å². The smallest absolute Gasteiger partial charge is 0.221 e. The standard InChI is InChI=1S/C14H28N2OS/c1-2-18-13-9-15-14(17)8-12-16-10-6-4-3-5-7-11-16/h2-13H2,1H3,(H,15,17). The molecule has 0 aliphatic carbocycles. The summed E-state index contributed by atoms with van der Waals surface area (Å²) >= 11 is 1.88. The van der Waals surface area contributed by atoms with Crippen LogP contribution in [0.4, 0.5) is 0 Å². The van der Waals surface area contributed by atoms with Crippen LogP contribution in [0.15, 0.2) is 0 Å². The van der Waals surface area contributed by atoms with Crippen molar-refractivity contribution < 1.29 is 4.79 Å². The molecule has 1 heterocycles. The number of carbonyl (C=O) groups excluding carboxylic acids is 1. The number of carbonyl (C=O) groups is 1. The highest BCUT2D eigenvalue weighted by Crippen LogP contribution is 2.10. The van der Waals surface area contributed by atoms with Crippen LogP contribution in [-0.4, -0.2) is 48.5 Å². The van der Waals surface area contributed by atoms with Crippen LogP contribution < -0.4 is 5.32 Å². The summed E-state index contributed by atoms with van der Waals surface area (Å²) in [7, 11) is 0. The predicted octanol–water partition coefficient (Wildman–Crippen LogP) is 2.51. The molecule has 18 heavy (non-hydrogen) atoms. The molecule has 1 fully saturated rings. The first-order valence-corrected chi connectivity index (χ1v) is 8.55. The Balaban J connectivity index is 2.04. The first kappa shape index (κ1) is 15.8. The van der Waals surface area contributed by atoms with Gasteiger partial charge in [-0.1, -0.05) is 26.2 Å². The van der Waals surface area contributed by atoms with Crippen LogP contribution in [0.1, 0.15) is 45.4 Å². The van der Waals surface area contributed by atoms with E-state index in [1.807, 2.05) is 11.8 Å². The predicted molar refractivity (Wildman–Crippen MR) is 80.2 cm³/mol. The minimum absolute atomic E-state index is 0.216. The lowest BCUT2D eigenvalue weighted by Crippen LogP contribution is -2.33. The molecule has 3 nitrogen and oxygen atoms in total. The molecule has 0 aromatic rings. The number of amides is 1. The summed E-state index contributed by atoms with van der Waals surface area (Å²) < 4.78 is 0. The minimum atomic E-state index is 0.216. The van der Waals surface area contributed by atoms with Crippen LogP contribution in [0.3, 0.4) is 0 Å². The van der Waals surface area contributed by atoms with E-state index in [0.717, 1.165) is 24.6 Å². The van der Waals surface area contributed by atoms with Crippen molar-refractivity contribution in [3.05, 3.63) is 0 Å². The number of thioether (sulfide) groups is 1. The van der Waals surface area contributed by atoms with Crippen LogP contribution in [-0.2, 0) is 4.79 Å². The van der Waals surface area contributed by atoms with Crippen LogP contribution in [0.5, 0.6) is 0 Å². The number of nitrogens with zero attached hydrogens (tertiary/aromatic N) is 1. The van der Waals surface area contributed by atoms with E-state index in [2.05, 4.69) is 17.1 Å². The van der Waals surface area contributed by atoms with E-state index in [1.165, 1.54) is 45.2 Å². The average molecular weight is 272 g/mol. The van der Waals surface area contributed by atoms with E-state index < -0.39 is 0 Å². The molecule has 0 spiro atoms. The second-order valence-electron chi connectivity index (χ2n) is 4.91. The van der Waals surface area contributed by atoms with Gasteiger partial charge in [0.15, 0.2) is 0 Å². The monoisotopic (exact) mass is 272 g/mol. The SMILES string of the molecule is CCSCCNC(=O)CCN1CCCCCCC1. The second-order valence-corrected chi connectivity index (χ2v) is 6.30. The number of nitrogens with one attached hydrogen (secondary N) is 1. The number of likely N-dealkylation sites (tertiary alicyclic amines) is 1.